The second-order valence-electron chi connectivity index (χ2n) is 7.02. The van der Waals surface area contributed by atoms with Gasteiger partial charge >= 0.3 is 6.36 Å². The number of nitrogens with one attached hydrogen (secondary N) is 1. The van der Waals surface area contributed by atoms with Crippen LogP contribution in [0, 0.1) is 0 Å². The summed E-state index contributed by atoms with van der Waals surface area (Å²) in [7, 11) is 0. The van der Waals surface area contributed by atoms with Crippen LogP contribution in [0.15, 0.2) is 48.7 Å². The molecule has 2 heterocycles. The zero-order valence-electron chi connectivity index (χ0n) is 16.0. The SMILES string of the molecule is O=C(NCc1cccc2c1cnn2C1CCCCO1)c1ccc(OC(F)(F)F)cc1. The fourth-order valence-corrected chi connectivity index (χ4v) is 3.52. The Morgan fingerprint density at radius 2 is 2.00 bits per heavy atom. The molecular formula is C21H20F3N3O3. The predicted octanol–water partition coefficient (Wildman–Crippen LogP) is 4.56. The maximum atomic E-state index is 12.4. The van der Waals surface area contributed by atoms with Crippen LogP contribution in [0.2, 0.25) is 0 Å². The number of aromatic nitrogens is 2. The quantitative estimate of drug-likeness (QED) is 0.658. The molecule has 0 saturated carbocycles. The van der Waals surface area contributed by atoms with Crippen molar-refractivity contribution in [1.29, 1.82) is 0 Å². The van der Waals surface area contributed by atoms with Crippen molar-refractivity contribution in [3.63, 3.8) is 0 Å². The first-order valence-corrected chi connectivity index (χ1v) is 9.61. The van der Waals surface area contributed by atoms with Crippen LogP contribution in [-0.4, -0.2) is 28.7 Å². The van der Waals surface area contributed by atoms with E-state index in [1.165, 1.54) is 12.1 Å². The normalized spacial score (nSPS) is 17.1. The Bertz CT molecular complexity index is 1030. The van der Waals surface area contributed by atoms with Crippen molar-refractivity contribution in [3.05, 3.63) is 59.8 Å². The summed E-state index contributed by atoms with van der Waals surface area (Å²) in [5.74, 6) is -0.769. The van der Waals surface area contributed by atoms with E-state index in [1.807, 2.05) is 22.9 Å². The lowest BCUT2D eigenvalue weighted by atomic mass is 10.1. The van der Waals surface area contributed by atoms with Gasteiger partial charge in [-0.3, -0.25) is 4.79 Å². The molecular weight excluding hydrogens is 399 g/mol. The fraction of sp³-hybridized carbons (Fsp3) is 0.333. The molecule has 3 aromatic rings. The molecule has 2 aromatic carbocycles. The van der Waals surface area contributed by atoms with Gasteiger partial charge < -0.3 is 14.8 Å². The van der Waals surface area contributed by atoms with Crippen LogP contribution in [-0.2, 0) is 11.3 Å². The molecule has 0 bridgehead atoms. The summed E-state index contributed by atoms with van der Waals surface area (Å²) in [6.07, 6.45) is -0.0388. The Hall–Kier alpha value is -3.07. The molecule has 1 amide bonds. The third-order valence-corrected chi connectivity index (χ3v) is 4.95. The van der Waals surface area contributed by atoms with E-state index < -0.39 is 12.3 Å². The number of ether oxygens (including phenoxy) is 2. The van der Waals surface area contributed by atoms with Crippen molar-refractivity contribution in [2.75, 3.05) is 6.61 Å². The maximum Gasteiger partial charge on any atom is 0.573 e. The van der Waals surface area contributed by atoms with Crippen LogP contribution in [0.25, 0.3) is 10.9 Å². The van der Waals surface area contributed by atoms with Crippen LogP contribution >= 0.6 is 0 Å². The summed E-state index contributed by atoms with van der Waals surface area (Å²) in [4.78, 5) is 12.4. The van der Waals surface area contributed by atoms with E-state index >= 15 is 0 Å². The van der Waals surface area contributed by atoms with Crippen LogP contribution in [0.4, 0.5) is 13.2 Å². The van der Waals surface area contributed by atoms with E-state index in [1.54, 1.807) is 6.20 Å². The molecule has 1 aliphatic heterocycles. The third kappa shape index (κ3) is 4.56. The van der Waals surface area contributed by atoms with Crippen molar-refractivity contribution in [2.24, 2.45) is 0 Å². The highest BCUT2D eigenvalue weighted by Gasteiger charge is 2.31. The van der Waals surface area contributed by atoms with Gasteiger partial charge in [-0.1, -0.05) is 12.1 Å². The molecule has 158 valence electrons. The first-order chi connectivity index (χ1) is 14.4. The molecule has 30 heavy (non-hydrogen) atoms. The summed E-state index contributed by atoms with van der Waals surface area (Å²) >= 11 is 0. The van der Waals surface area contributed by atoms with Gasteiger partial charge in [-0.2, -0.15) is 5.10 Å². The lowest BCUT2D eigenvalue weighted by Crippen LogP contribution is -2.23. The summed E-state index contributed by atoms with van der Waals surface area (Å²) in [6, 6.07) is 10.6. The topological polar surface area (TPSA) is 65.4 Å². The summed E-state index contributed by atoms with van der Waals surface area (Å²) < 4.78 is 48.2. The average Bonchev–Trinajstić information content (AvgIpc) is 3.17. The predicted molar refractivity (Wildman–Crippen MR) is 103 cm³/mol. The number of carbonyl (C=O) groups excluding carboxylic acids is 1. The van der Waals surface area contributed by atoms with Crippen molar-refractivity contribution >= 4 is 16.8 Å². The second kappa shape index (κ2) is 8.35. The number of halogens is 3. The smallest absolute Gasteiger partial charge is 0.406 e. The first kappa shape index (κ1) is 20.2. The van der Waals surface area contributed by atoms with Crippen LogP contribution < -0.4 is 10.1 Å². The van der Waals surface area contributed by atoms with Gasteiger partial charge in [0.05, 0.1) is 11.7 Å². The number of benzene rings is 2. The Morgan fingerprint density at radius 3 is 2.70 bits per heavy atom. The Morgan fingerprint density at radius 1 is 1.20 bits per heavy atom. The number of hydrogen-bond donors (Lipinski definition) is 1. The molecule has 1 unspecified atom stereocenters. The van der Waals surface area contributed by atoms with Gasteiger partial charge in [-0.05, 0) is 55.2 Å². The molecule has 1 aromatic heterocycles. The molecule has 4 rings (SSSR count). The van der Waals surface area contributed by atoms with E-state index in [9.17, 15) is 18.0 Å². The minimum absolute atomic E-state index is 0.0847. The molecule has 1 saturated heterocycles. The Kier molecular flexibility index (Phi) is 5.63. The third-order valence-electron chi connectivity index (χ3n) is 4.95. The monoisotopic (exact) mass is 419 g/mol. The molecule has 0 spiro atoms. The molecule has 0 aliphatic carbocycles. The standard InChI is InChI=1S/C21H20F3N3O3/c22-21(23,24)30-16-9-7-14(8-10-16)20(28)25-12-15-4-3-5-18-17(15)13-26-27(18)19-6-1-2-11-29-19/h3-5,7-10,13,19H,1-2,6,11-12H2,(H,25,28). The zero-order chi connectivity index (χ0) is 21.1. The Labute approximate surface area is 170 Å². The summed E-state index contributed by atoms with van der Waals surface area (Å²) in [5.41, 5.74) is 2.06. The fourth-order valence-electron chi connectivity index (χ4n) is 3.52. The number of alkyl halides is 3. The number of carbonyl (C=O) groups is 1. The second-order valence-corrected chi connectivity index (χ2v) is 7.02. The van der Waals surface area contributed by atoms with E-state index in [0.29, 0.717) is 6.61 Å². The van der Waals surface area contributed by atoms with Crippen molar-refractivity contribution in [1.82, 2.24) is 15.1 Å². The number of nitrogens with zero attached hydrogens (tertiary/aromatic N) is 2. The number of amides is 1. The van der Waals surface area contributed by atoms with Crippen LogP contribution in [0.3, 0.4) is 0 Å². The van der Waals surface area contributed by atoms with Gasteiger partial charge in [0, 0.05) is 24.1 Å². The van der Waals surface area contributed by atoms with E-state index in [4.69, 9.17) is 4.74 Å². The molecule has 0 radical (unpaired) electrons. The van der Waals surface area contributed by atoms with E-state index in [0.717, 1.165) is 47.9 Å². The van der Waals surface area contributed by atoms with Crippen LogP contribution in [0.1, 0.15) is 41.4 Å². The van der Waals surface area contributed by atoms with Gasteiger partial charge in [0.2, 0.25) is 0 Å². The highest BCUT2D eigenvalue weighted by molar-refractivity contribution is 5.94. The minimum Gasteiger partial charge on any atom is -0.406 e. The molecule has 1 fully saturated rings. The summed E-state index contributed by atoms with van der Waals surface area (Å²) in [5, 5.41) is 8.19. The average molecular weight is 419 g/mol. The highest BCUT2D eigenvalue weighted by Crippen LogP contribution is 2.27. The number of rotatable bonds is 5. The van der Waals surface area contributed by atoms with Crippen LogP contribution in [0.5, 0.6) is 5.75 Å². The Balaban J connectivity index is 1.44. The molecule has 1 N–H and O–H groups in total. The lowest BCUT2D eigenvalue weighted by molar-refractivity contribution is -0.274. The summed E-state index contributed by atoms with van der Waals surface area (Å²) in [6.45, 7) is 0.975. The minimum atomic E-state index is -4.77. The van der Waals surface area contributed by atoms with Gasteiger partial charge in [0.1, 0.15) is 5.75 Å². The van der Waals surface area contributed by atoms with Gasteiger partial charge in [0.15, 0.2) is 6.23 Å². The van der Waals surface area contributed by atoms with Crippen molar-refractivity contribution in [3.8, 4) is 5.75 Å². The number of hydrogen-bond acceptors (Lipinski definition) is 4. The van der Waals surface area contributed by atoms with E-state index in [-0.39, 0.29) is 24.1 Å². The molecule has 1 aliphatic rings. The lowest BCUT2D eigenvalue weighted by Gasteiger charge is -2.23. The maximum absolute atomic E-state index is 12.4. The van der Waals surface area contributed by atoms with Crippen molar-refractivity contribution in [2.45, 2.75) is 38.4 Å². The van der Waals surface area contributed by atoms with Gasteiger partial charge in [-0.25, -0.2) is 4.68 Å². The largest absolute Gasteiger partial charge is 0.573 e. The molecule has 9 heteroatoms. The van der Waals surface area contributed by atoms with E-state index in [2.05, 4.69) is 15.2 Å². The molecule has 1 atom stereocenters. The van der Waals surface area contributed by atoms with Gasteiger partial charge in [0.25, 0.3) is 5.91 Å². The number of fused-ring (bicyclic) bond motifs is 1. The zero-order valence-corrected chi connectivity index (χ0v) is 16.0. The first-order valence-electron chi connectivity index (χ1n) is 9.61. The van der Waals surface area contributed by atoms with Gasteiger partial charge in [-0.15, -0.1) is 13.2 Å². The molecule has 6 nitrogen and oxygen atoms in total. The van der Waals surface area contributed by atoms with Crippen molar-refractivity contribution < 1.29 is 27.4 Å². The highest BCUT2D eigenvalue weighted by atomic mass is 19.4.